The predicted octanol–water partition coefficient (Wildman–Crippen LogP) is 1.61. The SMILES string of the molecule is COc1ccc(C)cc1/C=C/C(=O)N[C@H](C)C(=O)O. The van der Waals surface area contributed by atoms with E-state index < -0.39 is 17.9 Å². The van der Waals surface area contributed by atoms with Crippen LogP contribution in [0.1, 0.15) is 18.1 Å². The molecular formula is C14H17NO4. The molecule has 1 amide bonds. The number of aryl methyl sites for hydroxylation is 1. The van der Waals surface area contributed by atoms with Crippen molar-refractivity contribution >= 4 is 18.0 Å². The van der Waals surface area contributed by atoms with Gasteiger partial charge in [-0.05, 0) is 32.1 Å². The molecule has 0 spiro atoms. The predicted molar refractivity (Wildman–Crippen MR) is 72.0 cm³/mol. The van der Waals surface area contributed by atoms with Crippen LogP contribution < -0.4 is 10.1 Å². The van der Waals surface area contributed by atoms with Crippen molar-refractivity contribution in [3.63, 3.8) is 0 Å². The van der Waals surface area contributed by atoms with Crippen LogP contribution >= 0.6 is 0 Å². The van der Waals surface area contributed by atoms with E-state index >= 15 is 0 Å². The second-order valence-electron chi connectivity index (χ2n) is 4.15. The second-order valence-corrected chi connectivity index (χ2v) is 4.15. The number of rotatable bonds is 5. The van der Waals surface area contributed by atoms with Gasteiger partial charge in [0.1, 0.15) is 11.8 Å². The Balaban J connectivity index is 2.78. The van der Waals surface area contributed by atoms with Gasteiger partial charge in [-0.2, -0.15) is 0 Å². The number of hydrogen-bond acceptors (Lipinski definition) is 3. The zero-order valence-corrected chi connectivity index (χ0v) is 11.1. The van der Waals surface area contributed by atoms with Gasteiger partial charge in [0.15, 0.2) is 0 Å². The highest BCUT2D eigenvalue weighted by atomic mass is 16.5. The van der Waals surface area contributed by atoms with Gasteiger partial charge in [-0.1, -0.05) is 11.6 Å². The fourth-order valence-corrected chi connectivity index (χ4v) is 1.47. The van der Waals surface area contributed by atoms with Gasteiger partial charge < -0.3 is 15.2 Å². The molecule has 5 nitrogen and oxygen atoms in total. The van der Waals surface area contributed by atoms with E-state index in [1.54, 1.807) is 13.2 Å². The van der Waals surface area contributed by atoms with E-state index in [-0.39, 0.29) is 0 Å². The van der Waals surface area contributed by atoms with Crippen LogP contribution in [-0.2, 0) is 9.59 Å². The number of carbonyl (C=O) groups excluding carboxylic acids is 1. The highest BCUT2D eigenvalue weighted by Gasteiger charge is 2.11. The fourth-order valence-electron chi connectivity index (χ4n) is 1.47. The summed E-state index contributed by atoms with van der Waals surface area (Å²) in [6.07, 6.45) is 2.88. The molecule has 0 heterocycles. The van der Waals surface area contributed by atoms with Gasteiger partial charge in [0, 0.05) is 11.6 Å². The molecule has 0 fully saturated rings. The number of amides is 1. The third-order valence-corrected chi connectivity index (χ3v) is 2.53. The maximum Gasteiger partial charge on any atom is 0.325 e. The van der Waals surface area contributed by atoms with Crippen LogP contribution in [0.15, 0.2) is 24.3 Å². The fraction of sp³-hybridized carbons (Fsp3) is 0.286. The van der Waals surface area contributed by atoms with Crippen LogP contribution in [0.5, 0.6) is 5.75 Å². The van der Waals surface area contributed by atoms with Gasteiger partial charge >= 0.3 is 5.97 Å². The molecule has 0 radical (unpaired) electrons. The van der Waals surface area contributed by atoms with Crippen molar-refractivity contribution in [3.05, 3.63) is 35.4 Å². The van der Waals surface area contributed by atoms with E-state index in [0.29, 0.717) is 5.75 Å². The highest BCUT2D eigenvalue weighted by Crippen LogP contribution is 2.20. The molecule has 0 aliphatic heterocycles. The molecule has 102 valence electrons. The topological polar surface area (TPSA) is 75.6 Å². The van der Waals surface area contributed by atoms with Gasteiger partial charge in [0.05, 0.1) is 7.11 Å². The first-order chi connectivity index (χ1) is 8.93. The normalized spacial score (nSPS) is 12.2. The van der Waals surface area contributed by atoms with Crippen LogP contribution in [-0.4, -0.2) is 30.1 Å². The van der Waals surface area contributed by atoms with Crippen LogP contribution in [0.4, 0.5) is 0 Å². The minimum absolute atomic E-state index is 0.460. The number of nitrogens with one attached hydrogen (secondary N) is 1. The number of ether oxygens (including phenoxy) is 1. The average molecular weight is 263 g/mol. The number of carboxylic acid groups (broad SMARTS) is 1. The number of carbonyl (C=O) groups is 2. The largest absolute Gasteiger partial charge is 0.496 e. The third-order valence-electron chi connectivity index (χ3n) is 2.53. The Labute approximate surface area is 111 Å². The quantitative estimate of drug-likeness (QED) is 0.791. The van der Waals surface area contributed by atoms with E-state index in [1.165, 1.54) is 13.0 Å². The number of aliphatic carboxylic acids is 1. The van der Waals surface area contributed by atoms with E-state index in [1.807, 2.05) is 25.1 Å². The molecule has 2 N–H and O–H groups in total. The van der Waals surface area contributed by atoms with Crippen molar-refractivity contribution in [2.75, 3.05) is 7.11 Å². The smallest absolute Gasteiger partial charge is 0.325 e. The minimum Gasteiger partial charge on any atom is -0.496 e. The Kier molecular flexibility index (Phi) is 5.11. The molecule has 0 bridgehead atoms. The van der Waals surface area contributed by atoms with E-state index in [4.69, 9.17) is 9.84 Å². The summed E-state index contributed by atoms with van der Waals surface area (Å²) in [6.45, 7) is 3.34. The summed E-state index contributed by atoms with van der Waals surface area (Å²) < 4.78 is 5.17. The van der Waals surface area contributed by atoms with Gasteiger partial charge in [-0.3, -0.25) is 9.59 Å². The van der Waals surface area contributed by atoms with Crippen molar-refractivity contribution in [1.82, 2.24) is 5.32 Å². The van der Waals surface area contributed by atoms with E-state index in [0.717, 1.165) is 11.1 Å². The summed E-state index contributed by atoms with van der Waals surface area (Å²) in [5.74, 6) is -0.880. The second kappa shape index (κ2) is 6.58. The Morgan fingerprint density at radius 1 is 1.42 bits per heavy atom. The first-order valence-corrected chi connectivity index (χ1v) is 5.80. The van der Waals surface area contributed by atoms with Gasteiger partial charge in [0.25, 0.3) is 0 Å². The lowest BCUT2D eigenvalue weighted by Crippen LogP contribution is -2.37. The molecule has 0 aromatic heterocycles. The molecule has 1 atom stereocenters. The zero-order chi connectivity index (χ0) is 14.4. The number of methoxy groups -OCH3 is 1. The maximum absolute atomic E-state index is 11.5. The Bertz CT molecular complexity index is 508. The zero-order valence-electron chi connectivity index (χ0n) is 11.1. The van der Waals surface area contributed by atoms with Crippen molar-refractivity contribution in [2.45, 2.75) is 19.9 Å². The maximum atomic E-state index is 11.5. The molecule has 1 rings (SSSR count). The van der Waals surface area contributed by atoms with Gasteiger partial charge in [-0.15, -0.1) is 0 Å². The summed E-state index contributed by atoms with van der Waals surface area (Å²) in [6, 6.07) is 4.68. The van der Waals surface area contributed by atoms with Crippen molar-refractivity contribution < 1.29 is 19.4 Å². The standard InChI is InChI=1S/C14H17NO4/c1-9-4-6-12(19-3)11(8-9)5-7-13(16)15-10(2)14(17)18/h4-8,10H,1-3H3,(H,15,16)(H,17,18)/b7-5+/t10-/m1/s1. The molecule has 19 heavy (non-hydrogen) atoms. The van der Waals surface area contributed by atoms with Gasteiger partial charge in [-0.25, -0.2) is 0 Å². The summed E-state index contributed by atoms with van der Waals surface area (Å²) in [7, 11) is 1.55. The first kappa shape index (κ1) is 14.8. The van der Waals surface area contributed by atoms with Crippen LogP contribution in [0.2, 0.25) is 0 Å². The molecule has 0 unspecified atom stereocenters. The number of hydrogen-bond donors (Lipinski definition) is 2. The van der Waals surface area contributed by atoms with E-state index in [9.17, 15) is 9.59 Å². The summed E-state index contributed by atoms with van der Waals surface area (Å²) in [5, 5.41) is 11.0. The molecule has 0 saturated carbocycles. The molecular weight excluding hydrogens is 246 g/mol. The van der Waals surface area contributed by atoms with Crippen LogP contribution in [0.25, 0.3) is 6.08 Å². The molecule has 0 aliphatic rings. The number of carboxylic acids is 1. The third kappa shape index (κ3) is 4.46. The summed E-state index contributed by atoms with van der Waals surface area (Å²) in [5.41, 5.74) is 1.81. The average Bonchev–Trinajstić information content (AvgIpc) is 2.36. The number of benzene rings is 1. The minimum atomic E-state index is -1.07. The molecule has 1 aromatic carbocycles. The van der Waals surface area contributed by atoms with Crippen molar-refractivity contribution in [2.24, 2.45) is 0 Å². The summed E-state index contributed by atoms with van der Waals surface area (Å²) in [4.78, 5) is 22.1. The summed E-state index contributed by atoms with van der Waals surface area (Å²) >= 11 is 0. The molecule has 5 heteroatoms. The lowest BCUT2D eigenvalue weighted by Gasteiger charge is -2.07. The lowest BCUT2D eigenvalue weighted by atomic mass is 10.1. The highest BCUT2D eigenvalue weighted by molar-refractivity contribution is 5.94. The first-order valence-electron chi connectivity index (χ1n) is 5.80. The van der Waals surface area contributed by atoms with Crippen LogP contribution in [0.3, 0.4) is 0 Å². The lowest BCUT2D eigenvalue weighted by molar-refractivity contribution is -0.140. The van der Waals surface area contributed by atoms with Crippen LogP contribution in [0, 0.1) is 6.92 Å². The monoisotopic (exact) mass is 263 g/mol. The molecule has 0 aliphatic carbocycles. The molecule has 1 aromatic rings. The van der Waals surface area contributed by atoms with E-state index in [2.05, 4.69) is 5.32 Å². The van der Waals surface area contributed by atoms with Crippen molar-refractivity contribution in [3.8, 4) is 5.75 Å². The Morgan fingerprint density at radius 3 is 2.68 bits per heavy atom. The van der Waals surface area contributed by atoms with Crippen molar-refractivity contribution in [1.29, 1.82) is 0 Å². The Morgan fingerprint density at radius 2 is 2.11 bits per heavy atom. The molecule has 0 saturated heterocycles. The van der Waals surface area contributed by atoms with Gasteiger partial charge in [0.2, 0.25) is 5.91 Å². The Hall–Kier alpha value is -2.30.